The summed E-state index contributed by atoms with van der Waals surface area (Å²) in [6, 6.07) is 4.60. The van der Waals surface area contributed by atoms with E-state index in [0.717, 1.165) is 12.1 Å². The van der Waals surface area contributed by atoms with E-state index in [1.165, 1.54) is 12.4 Å². The van der Waals surface area contributed by atoms with E-state index in [4.69, 9.17) is 11.6 Å². The molecule has 0 radical (unpaired) electrons. The zero-order chi connectivity index (χ0) is 14.8. The van der Waals surface area contributed by atoms with Crippen LogP contribution >= 0.6 is 11.6 Å². The third-order valence-corrected chi connectivity index (χ3v) is 2.81. The van der Waals surface area contributed by atoms with Crippen LogP contribution in [0.3, 0.4) is 0 Å². The molecule has 2 N–H and O–H groups in total. The highest BCUT2D eigenvalue weighted by Gasteiger charge is 2.31. The summed E-state index contributed by atoms with van der Waals surface area (Å²) >= 11 is 5.88. The topological polar surface area (TPSA) is 49.8 Å². The first-order valence-corrected chi connectivity index (χ1v) is 5.91. The molecule has 0 atom stereocenters. The van der Waals surface area contributed by atoms with Gasteiger partial charge in [-0.05, 0) is 18.2 Å². The molecule has 0 saturated heterocycles. The van der Waals surface area contributed by atoms with Crippen LogP contribution in [0.4, 0.5) is 30.5 Å². The zero-order valence-electron chi connectivity index (χ0n) is 10.3. The Labute approximate surface area is 118 Å². The molecule has 2 aromatic rings. The quantitative estimate of drug-likeness (QED) is 0.902. The molecular formula is C12H10ClF3N4. The highest BCUT2D eigenvalue weighted by atomic mass is 35.5. The minimum atomic E-state index is -4.43. The monoisotopic (exact) mass is 302 g/mol. The van der Waals surface area contributed by atoms with Gasteiger partial charge < -0.3 is 10.6 Å². The van der Waals surface area contributed by atoms with Crippen LogP contribution in [0.2, 0.25) is 5.02 Å². The van der Waals surface area contributed by atoms with Crippen molar-refractivity contribution in [1.29, 1.82) is 0 Å². The predicted molar refractivity (Wildman–Crippen MR) is 71.3 cm³/mol. The molecule has 0 saturated carbocycles. The molecule has 1 heterocycles. The molecule has 0 amide bonds. The summed E-state index contributed by atoms with van der Waals surface area (Å²) in [5, 5.41) is 5.70. The van der Waals surface area contributed by atoms with Crippen molar-refractivity contribution in [2.45, 2.75) is 6.18 Å². The molecule has 0 spiro atoms. The van der Waals surface area contributed by atoms with Gasteiger partial charge in [-0.3, -0.25) is 0 Å². The SMILES string of the molecule is CNc1cc(Nc2cc(C(F)(F)F)ccc2Cl)ncn1. The third kappa shape index (κ3) is 3.30. The average Bonchev–Trinajstić information content (AvgIpc) is 2.40. The Morgan fingerprint density at radius 3 is 2.45 bits per heavy atom. The zero-order valence-corrected chi connectivity index (χ0v) is 11.0. The molecule has 1 aromatic heterocycles. The van der Waals surface area contributed by atoms with Crippen molar-refractivity contribution in [1.82, 2.24) is 9.97 Å². The van der Waals surface area contributed by atoms with Crippen molar-refractivity contribution in [3.05, 3.63) is 41.2 Å². The summed E-state index contributed by atoms with van der Waals surface area (Å²) in [5.41, 5.74) is -0.658. The first kappa shape index (κ1) is 14.4. The van der Waals surface area contributed by atoms with Crippen LogP contribution in [-0.2, 0) is 6.18 Å². The van der Waals surface area contributed by atoms with E-state index in [1.807, 2.05) is 0 Å². The Bertz CT molecular complexity index is 616. The summed E-state index contributed by atoms with van der Waals surface area (Å²) in [6.45, 7) is 0. The maximum Gasteiger partial charge on any atom is 0.416 e. The molecule has 106 valence electrons. The smallest absolute Gasteiger partial charge is 0.373 e. The number of halogens is 4. The van der Waals surface area contributed by atoms with Gasteiger partial charge in [0.2, 0.25) is 0 Å². The van der Waals surface area contributed by atoms with Crippen molar-refractivity contribution in [2.24, 2.45) is 0 Å². The van der Waals surface area contributed by atoms with E-state index >= 15 is 0 Å². The van der Waals surface area contributed by atoms with Crippen molar-refractivity contribution in [3.63, 3.8) is 0 Å². The fourth-order valence-electron chi connectivity index (χ4n) is 1.50. The van der Waals surface area contributed by atoms with Crippen LogP contribution < -0.4 is 10.6 Å². The van der Waals surface area contributed by atoms with E-state index in [9.17, 15) is 13.2 Å². The second kappa shape index (κ2) is 5.54. The molecule has 0 aliphatic rings. The number of hydrogen-bond acceptors (Lipinski definition) is 4. The van der Waals surface area contributed by atoms with Gasteiger partial charge in [0.15, 0.2) is 0 Å². The van der Waals surface area contributed by atoms with Gasteiger partial charge >= 0.3 is 6.18 Å². The second-order valence-corrected chi connectivity index (χ2v) is 4.26. The van der Waals surface area contributed by atoms with Crippen LogP contribution in [0, 0.1) is 0 Å². The molecule has 2 rings (SSSR count). The lowest BCUT2D eigenvalue weighted by atomic mass is 10.2. The first-order chi connectivity index (χ1) is 9.40. The minimum Gasteiger partial charge on any atom is -0.373 e. The van der Waals surface area contributed by atoms with Gasteiger partial charge in [-0.25, -0.2) is 9.97 Å². The number of nitrogens with zero attached hydrogens (tertiary/aromatic N) is 2. The van der Waals surface area contributed by atoms with E-state index < -0.39 is 11.7 Å². The molecule has 0 bridgehead atoms. The molecule has 4 nitrogen and oxygen atoms in total. The maximum absolute atomic E-state index is 12.7. The number of benzene rings is 1. The molecule has 8 heteroatoms. The predicted octanol–water partition coefficient (Wildman–Crippen LogP) is 3.93. The first-order valence-electron chi connectivity index (χ1n) is 5.53. The summed E-state index contributed by atoms with van der Waals surface area (Å²) < 4.78 is 38.0. The van der Waals surface area contributed by atoms with Crippen LogP contribution in [0.25, 0.3) is 0 Å². The van der Waals surface area contributed by atoms with Crippen molar-refractivity contribution < 1.29 is 13.2 Å². The summed E-state index contributed by atoms with van der Waals surface area (Å²) in [7, 11) is 1.67. The number of nitrogens with one attached hydrogen (secondary N) is 2. The number of rotatable bonds is 3. The van der Waals surface area contributed by atoms with E-state index in [1.54, 1.807) is 13.1 Å². The number of hydrogen-bond donors (Lipinski definition) is 2. The fourth-order valence-corrected chi connectivity index (χ4v) is 1.66. The van der Waals surface area contributed by atoms with E-state index in [2.05, 4.69) is 20.6 Å². The summed E-state index contributed by atoms with van der Waals surface area (Å²) in [5.74, 6) is 0.871. The maximum atomic E-state index is 12.7. The van der Waals surface area contributed by atoms with Crippen LogP contribution in [-0.4, -0.2) is 17.0 Å². The lowest BCUT2D eigenvalue weighted by Crippen LogP contribution is -2.06. The Kier molecular flexibility index (Phi) is 3.99. The third-order valence-electron chi connectivity index (χ3n) is 2.48. The van der Waals surface area contributed by atoms with Gasteiger partial charge in [0.25, 0.3) is 0 Å². The Balaban J connectivity index is 2.32. The lowest BCUT2D eigenvalue weighted by Gasteiger charge is -2.12. The minimum absolute atomic E-state index is 0.127. The van der Waals surface area contributed by atoms with Crippen LogP contribution in [0.5, 0.6) is 0 Å². The van der Waals surface area contributed by atoms with Crippen LogP contribution in [0.1, 0.15) is 5.56 Å². The molecule has 0 aliphatic carbocycles. The van der Waals surface area contributed by atoms with Crippen LogP contribution in [0.15, 0.2) is 30.6 Å². The molecule has 20 heavy (non-hydrogen) atoms. The highest BCUT2D eigenvalue weighted by Crippen LogP contribution is 2.34. The molecule has 0 fully saturated rings. The van der Waals surface area contributed by atoms with Gasteiger partial charge in [0.1, 0.15) is 18.0 Å². The van der Waals surface area contributed by atoms with Gasteiger partial charge in [0, 0.05) is 13.1 Å². The standard InChI is InChI=1S/C12H10ClF3N4/c1-17-10-5-11(19-6-18-10)20-9-4-7(12(14,15)16)2-3-8(9)13/h2-6H,1H3,(H2,17,18,19,20). The van der Waals surface area contributed by atoms with E-state index in [-0.39, 0.29) is 10.7 Å². The number of anilines is 3. The van der Waals surface area contributed by atoms with Crippen molar-refractivity contribution >= 4 is 28.9 Å². The Morgan fingerprint density at radius 1 is 1.10 bits per heavy atom. The van der Waals surface area contributed by atoms with Crippen molar-refractivity contribution in [3.8, 4) is 0 Å². The van der Waals surface area contributed by atoms with Gasteiger partial charge in [-0.1, -0.05) is 11.6 Å². The largest absolute Gasteiger partial charge is 0.416 e. The summed E-state index contributed by atoms with van der Waals surface area (Å²) in [4.78, 5) is 7.82. The normalized spacial score (nSPS) is 11.2. The summed E-state index contributed by atoms with van der Waals surface area (Å²) in [6.07, 6.45) is -3.14. The number of aromatic nitrogens is 2. The van der Waals surface area contributed by atoms with Crippen molar-refractivity contribution in [2.75, 3.05) is 17.7 Å². The number of alkyl halides is 3. The molecule has 0 unspecified atom stereocenters. The average molecular weight is 303 g/mol. The molecule has 0 aliphatic heterocycles. The Hall–Kier alpha value is -2.02. The lowest BCUT2D eigenvalue weighted by molar-refractivity contribution is -0.137. The molecular weight excluding hydrogens is 293 g/mol. The molecule has 1 aromatic carbocycles. The van der Waals surface area contributed by atoms with Gasteiger partial charge in [-0.2, -0.15) is 13.2 Å². The fraction of sp³-hybridized carbons (Fsp3) is 0.167. The van der Waals surface area contributed by atoms with E-state index in [0.29, 0.717) is 11.6 Å². The van der Waals surface area contributed by atoms with Gasteiger partial charge in [-0.15, -0.1) is 0 Å². The highest BCUT2D eigenvalue weighted by molar-refractivity contribution is 6.33. The van der Waals surface area contributed by atoms with Gasteiger partial charge in [0.05, 0.1) is 16.3 Å². The second-order valence-electron chi connectivity index (χ2n) is 3.86. The Morgan fingerprint density at radius 2 is 1.80 bits per heavy atom.